The molecule has 2 aromatic carbocycles. The molecule has 1 aliphatic heterocycles. The van der Waals surface area contributed by atoms with E-state index in [0.29, 0.717) is 6.54 Å². The Morgan fingerprint density at radius 1 is 1.07 bits per heavy atom. The average molecular weight is 421 g/mol. The molecule has 1 heterocycles. The molecule has 1 N–H and O–H groups in total. The summed E-state index contributed by atoms with van der Waals surface area (Å²) in [6.07, 6.45) is 1.76. The molecule has 150 valence electrons. The molecule has 1 fully saturated rings. The molecule has 28 heavy (non-hydrogen) atoms. The van der Waals surface area contributed by atoms with E-state index >= 15 is 0 Å². The van der Waals surface area contributed by atoms with E-state index in [2.05, 4.69) is 10.2 Å². The van der Waals surface area contributed by atoms with Gasteiger partial charge in [0, 0.05) is 35.5 Å². The van der Waals surface area contributed by atoms with E-state index in [-0.39, 0.29) is 17.6 Å². The summed E-state index contributed by atoms with van der Waals surface area (Å²) in [6, 6.07) is 14.5. The number of rotatable bonds is 8. The number of hydrogen-bond acceptors (Lipinski definition) is 3. The van der Waals surface area contributed by atoms with E-state index in [1.165, 1.54) is 17.7 Å². The van der Waals surface area contributed by atoms with Crippen molar-refractivity contribution in [3.8, 4) is 0 Å². The highest BCUT2D eigenvalue weighted by molar-refractivity contribution is 7.98. The molecule has 0 aromatic heterocycles. The Labute approximate surface area is 175 Å². The molecule has 0 saturated carbocycles. The van der Waals surface area contributed by atoms with E-state index in [1.54, 1.807) is 0 Å². The van der Waals surface area contributed by atoms with E-state index in [0.717, 1.165) is 54.6 Å². The molecule has 0 atom stereocenters. The minimum atomic E-state index is -0.203. The normalized spacial score (nSPS) is 15.5. The van der Waals surface area contributed by atoms with E-state index in [1.807, 2.05) is 48.2 Å². The number of halogens is 2. The number of likely N-dealkylation sites (tertiary alicyclic amines) is 1. The summed E-state index contributed by atoms with van der Waals surface area (Å²) < 4.78 is 13.0. The zero-order valence-electron chi connectivity index (χ0n) is 15.9. The van der Waals surface area contributed by atoms with Gasteiger partial charge in [0.25, 0.3) is 0 Å². The molecule has 1 aliphatic rings. The third-order valence-electron chi connectivity index (χ3n) is 5.01. The van der Waals surface area contributed by atoms with Gasteiger partial charge in [-0.15, -0.1) is 0 Å². The van der Waals surface area contributed by atoms with E-state index in [9.17, 15) is 9.18 Å². The average Bonchev–Trinajstić information content (AvgIpc) is 2.71. The Morgan fingerprint density at radius 2 is 1.71 bits per heavy atom. The molecule has 3 rings (SSSR count). The first-order valence-corrected chi connectivity index (χ1v) is 11.2. The molecule has 1 saturated heterocycles. The lowest BCUT2D eigenvalue weighted by Gasteiger charge is -2.31. The van der Waals surface area contributed by atoms with Crippen molar-refractivity contribution >= 4 is 29.3 Å². The fourth-order valence-corrected chi connectivity index (χ4v) is 4.31. The number of nitrogens with zero attached hydrogens (tertiary/aromatic N) is 1. The maximum atomic E-state index is 13.0. The van der Waals surface area contributed by atoms with Crippen LogP contribution in [-0.4, -0.2) is 36.2 Å². The number of amides is 1. The molecule has 1 amide bonds. The Bertz CT molecular complexity index is 746. The molecule has 3 nitrogen and oxygen atoms in total. The predicted octanol–water partition coefficient (Wildman–Crippen LogP) is 4.74. The Balaban J connectivity index is 1.29. The zero-order chi connectivity index (χ0) is 19.8. The lowest BCUT2D eigenvalue weighted by molar-refractivity contribution is -0.126. The van der Waals surface area contributed by atoms with Gasteiger partial charge < -0.3 is 5.32 Å². The van der Waals surface area contributed by atoms with Crippen LogP contribution in [0.2, 0.25) is 5.02 Å². The Morgan fingerprint density at radius 3 is 2.39 bits per heavy atom. The van der Waals surface area contributed by atoms with Gasteiger partial charge in [0.1, 0.15) is 5.82 Å². The van der Waals surface area contributed by atoms with Crippen LogP contribution in [0, 0.1) is 11.7 Å². The first-order chi connectivity index (χ1) is 13.6. The third-order valence-corrected chi connectivity index (χ3v) is 6.29. The van der Waals surface area contributed by atoms with Gasteiger partial charge in [0.05, 0.1) is 0 Å². The number of thioether (sulfide) groups is 1. The summed E-state index contributed by atoms with van der Waals surface area (Å²) in [6.45, 7) is 3.32. The van der Waals surface area contributed by atoms with Crippen molar-refractivity contribution in [3.63, 3.8) is 0 Å². The number of nitrogens with one attached hydrogen (secondary N) is 1. The van der Waals surface area contributed by atoms with Gasteiger partial charge in [-0.2, -0.15) is 11.8 Å². The van der Waals surface area contributed by atoms with Crippen LogP contribution >= 0.6 is 23.4 Å². The minimum Gasteiger partial charge on any atom is -0.355 e. The van der Waals surface area contributed by atoms with Crippen molar-refractivity contribution in [2.75, 3.05) is 25.4 Å². The monoisotopic (exact) mass is 420 g/mol. The van der Waals surface area contributed by atoms with Gasteiger partial charge in [0.2, 0.25) is 5.91 Å². The third kappa shape index (κ3) is 6.80. The molecule has 0 aliphatic carbocycles. The Kier molecular flexibility index (Phi) is 8.19. The van der Waals surface area contributed by atoms with Gasteiger partial charge in [-0.1, -0.05) is 35.9 Å². The van der Waals surface area contributed by atoms with Crippen molar-refractivity contribution < 1.29 is 9.18 Å². The van der Waals surface area contributed by atoms with Crippen LogP contribution in [0.25, 0.3) is 0 Å². The van der Waals surface area contributed by atoms with Crippen LogP contribution in [0.3, 0.4) is 0 Å². The Hall–Kier alpha value is -1.56. The van der Waals surface area contributed by atoms with Gasteiger partial charge in [-0.25, -0.2) is 4.39 Å². The molecular weight excluding hydrogens is 395 g/mol. The van der Waals surface area contributed by atoms with Crippen molar-refractivity contribution in [2.45, 2.75) is 25.1 Å². The number of benzene rings is 2. The number of piperidine rings is 1. The highest BCUT2D eigenvalue weighted by Crippen LogP contribution is 2.20. The standard InChI is InChI=1S/C22H26ClFN2OS/c23-20-5-1-18(2-6-20)16-28-14-11-25-22(27)19-9-12-26(13-10-19)15-17-3-7-21(24)8-4-17/h1-8,19H,9-16H2,(H,25,27). The summed E-state index contributed by atoms with van der Waals surface area (Å²) >= 11 is 7.70. The van der Waals surface area contributed by atoms with Gasteiger partial charge in [0.15, 0.2) is 0 Å². The lowest BCUT2D eigenvalue weighted by Crippen LogP contribution is -2.40. The van der Waals surface area contributed by atoms with Crippen LogP contribution in [0.5, 0.6) is 0 Å². The fourth-order valence-electron chi connectivity index (χ4n) is 3.36. The molecule has 0 radical (unpaired) electrons. The largest absolute Gasteiger partial charge is 0.355 e. The van der Waals surface area contributed by atoms with Gasteiger partial charge in [-0.3, -0.25) is 9.69 Å². The highest BCUT2D eigenvalue weighted by Gasteiger charge is 2.24. The SMILES string of the molecule is O=C(NCCSCc1ccc(Cl)cc1)C1CCN(Cc2ccc(F)cc2)CC1. The van der Waals surface area contributed by atoms with Crippen LogP contribution in [-0.2, 0) is 17.1 Å². The molecule has 6 heteroatoms. The summed E-state index contributed by atoms with van der Waals surface area (Å²) in [5, 5.41) is 3.83. The second-order valence-electron chi connectivity index (χ2n) is 7.15. The molecular formula is C22H26ClFN2OS. The number of hydrogen-bond donors (Lipinski definition) is 1. The topological polar surface area (TPSA) is 32.3 Å². The number of carbonyl (C=O) groups excluding carboxylic acids is 1. The van der Waals surface area contributed by atoms with Crippen molar-refractivity contribution in [3.05, 3.63) is 70.5 Å². The fraction of sp³-hybridized carbons (Fsp3) is 0.409. The summed E-state index contributed by atoms with van der Waals surface area (Å²) in [4.78, 5) is 14.7. The van der Waals surface area contributed by atoms with E-state index in [4.69, 9.17) is 11.6 Å². The van der Waals surface area contributed by atoms with Crippen LogP contribution in [0.1, 0.15) is 24.0 Å². The lowest BCUT2D eigenvalue weighted by atomic mass is 9.95. The van der Waals surface area contributed by atoms with Gasteiger partial charge >= 0.3 is 0 Å². The first-order valence-electron chi connectivity index (χ1n) is 9.67. The smallest absolute Gasteiger partial charge is 0.223 e. The van der Waals surface area contributed by atoms with Crippen molar-refractivity contribution in [1.82, 2.24) is 10.2 Å². The molecule has 2 aromatic rings. The van der Waals surface area contributed by atoms with Crippen LogP contribution in [0.15, 0.2) is 48.5 Å². The summed E-state index contributed by atoms with van der Waals surface area (Å²) in [7, 11) is 0. The first kappa shape index (κ1) is 21.2. The van der Waals surface area contributed by atoms with Crippen molar-refractivity contribution in [1.29, 1.82) is 0 Å². The molecule has 0 unspecified atom stereocenters. The maximum absolute atomic E-state index is 13.0. The maximum Gasteiger partial charge on any atom is 0.223 e. The molecule has 0 bridgehead atoms. The highest BCUT2D eigenvalue weighted by atomic mass is 35.5. The summed E-state index contributed by atoms with van der Waals surface area (Å²) in [5.41, 5.74) is 2.36. The number of carbonyl (C=O) groups is 1. The van der Waals surface area contributed by atoms with Crippen LogP contribution in [0.4, 0.5) is 4.39 Å². The second-order valence-corrected chi connectivity index (χ2v) is 8.69. The predicted molar refractivity (Wildman–Crippen MR) is 115 cm³/mol. The summed E-state index contributed by atoms with van der Waals surface area (Å²) in [5.74, 6) is 1.90. The quantitative estimate of drug-likeness (QED) is 0.626. The van der Waals surface area contributed by atoms with Crippen molar-refractivity contribution in [2.24, 2.45) is 5.92 Å². The van der Waals surface area contributed by atoms with Gasteiger partial charge in [-0.05, 0) is 61.3 Å². The molecule has 0 spiro atoms. The zero-order valence-corrected chi connectivity index (χ0v) is 17.4. The minimum absolute atomic E-state index is 0.103. The second kappa shape index (κ2) is 10.8. The van der Waals surface area contributed by atoms with E-state index < -0.39 is 0 Å². The van der Waals surface area contributed by atoms with Crippen LogP contribution < -0.4 is 5.32 Å².